The minimum Gasteiger partial charge on any atom is -0.455 e. The molecule has 0 bridgehead atoms. The third kappa shape index (κ3) is 5.03. The Morgan fingerprint density at radius 2 is 0.970 bits per heavy atom. The average Bonchev–Trinajstić information content (AvgIpc) is 4.14. The third-order valence-electron chi connectivity index (χ3n) is 13.4. The summed E-state index contributed by atoms with van der Waals surface area (Å²) in [5.41, 5.74) is 8.84. The van der Waals surface area contributed by atoms with Gasteiger partial charge in [-0.25, -0.2) is 15.0 Å². The van der Waals surface area contributed by atoms with Crippen molar-refractivity contribution in [3.05, 3.63) is 194 Å². The molecular weight excluding hydrogens is 829 g/mol. The van der Waals surface area contributed by atoms with E-state index in [4.69, 9.17) is 23.8 Å². The number of para-hydroxylation sites is 3. The molecule has 15 rings (SSSR count). The molecule has 0 amide bonds. The van der Waals surface area contributed by atoms with Crippen LogP contribution < -0.4 is 0 Å². The normalized spacial score (nSPS) is 12.2. The molecule has 66 heavy (non-hydrogen) atoms. The zero-order valence-corrected chi connectivity index (χ0v) is 35.8. The fourth-order valence-electron chi connectivity index (χ4n) is 10.5. The van der Waals surface area contributed by atoms with Gasteiger partial charge in [0, 0.05) is 63.6 Å². The summed E-state index contributed by atoms with van der Waals surface area (Å²) in [7, 11) is 0. The van der Waals surface area contributed by atoms with Crippen molar-refractivity contribution in [1.29, 1.82) is 0 Å². The molecule has 0 aliphatic carbocycles. The van der Waals surface area contributed by atoms with Gasteiger partial charge in [-0.3, -0.25) is 0 Å². The predicted molar refractivity (Wildman–Crippen MR) is 273 cm³/mol. The SMILES string of the molecule is c1ccc2cc3c(cc2c1)c1c2ccccc2ccc1n3-c1ccc(-c2nc(-c3cccc4c3oc3ccccc34)nc(-c3cccc4c3sc3ccccc34)n2)c2c1oc1ccccc12. The van der Waals surface area contributed by atoms with Crippen LogP contribution in [0.1, 0.15) is 0 Å². The van der Waals surface area contributed by atoms with Crippen LogP contribution in [0.5, 0.6) is 0 Å². The molecule has 306 valence electrons. The summed E-state index contributed by atoms with van der Waals surface area (Å²) < 4.78 is 18.4. The van der Waals surface area contributed by atoms with E-state index in [9.17, 15) is 0 Å². The molecule has 0 N–H and O–H groups in total. The van der Waals surface area contributed by atoms with Crippen molar-refractivity contribution in [2.45, 2.75) is 0 Å². The zero-order chi connectivity index (χ0) is 43.0. The van der Waals surface area contributed by atoms with Crippen molar-refractivity contribution in [3.63, 3.8) is 0 Å². The molecule has 0 saturated heterocycles. The number of rotatable bonds is 4. The molecule has 10 aromatic carbocycles. The summed E-state index contributed by atoms with van der Waals surface area (Å²) in [6.07, 6.45) is 0. The van der Waals surface area contributed by atoms with E-state index in [0.717, 1.165) is 82.0 Å². The molecule has 0 spiro atoms. The van der Waals surface area contributed by atoms with Crippen LogP contribution in [0.3, 0.4) is 0 Å². The van der Waals surface area contributed by atoms with Gasteiger partial charge in [-0.15, -0.1) is 11.3 Å². The molecule has 7 heteroatoms. The number of thiophene rings is 1. The first-order chi connectivity index (χ1) is 32.7. The van der Waals surface area contributed by atoms with Gasteiger partial charge in [0.05, 0.1) is 22.3 Å². The van der Waals surface area contributed by atoms with Gasteiger partial charge in [0.25, 0.3) is 0 Å². The molecule has 0 radical (unpaired) electrons. The Hall–Kier alpha value is -8.65. The Labute approximate surface area is 379 Å². The van der Waals surface area contributed by atoms with Gasteiger partial charge in [-0.2, -0.15) is 0 Å². The molecule has 5 aromatic heterocycles. The molecule has 0 unspecified atom stereocenters. The lowest BCUT2D eigenvalue weighted by Gasteiger charge is -2.13. The summed E-state index contributed by atoms with van der Waals surface area (Å²) in [6.45, 7) is 0. The largest absolute Gasteiger partial charge is 0.455 e. The van der Waals surface area contributed by atoms with Crippen molar-refractivity contribution >= 4 is 119 Å². The van der Waals surface area contributed by atoms with Crippen LogP contribution in [0.15, 0.2) is 203 Å². The molecule has 5 heterocycles. The number of fused-ring (bicyclic) bond motifs is 15. The first-order valence-electron chi connectivity index (χ1n) is 22.1. The highest BCUT2D eigenvalue weighted by Crippen LogP contribution is 2.46. The van der Waals surface area contributed by atoms with Gasteiger partial charge in [-0.1, -0.05) is 133 Å². The van der Waals surface area contributed by atoms with E-state index >= 15 is 0 Å². The Balaban J connectivity index is 1.04. The van der Waals surface area contributed by atoms with Gasteiger partial charge >= 0.3 is 0 Å². The molecule has 0 aliphatic heterocycles. The minimum atomic E-state index is 0.531. The number of benzene rings is 10. The number of hydrogen-bond donors (Lipinski definition) is 0. The van der Waals surface area contributed by atoms with Crippen LogP contribution in [0.2, 0.25) is 0 Å². The van der Waals surface area contributed by atoms with Crippen LogP contribution in [0.25, 0.3) is 147 Å². The van der Waals surface area contributed by atoms with Crippen molar-refractivity contribution in [2.24, 2.45) is 0 Å². The highest BCUT2D eigenvalue weighted by atomic mass is 32.1. The summed E-state index contributed by atoms with van der Waals surface area (Å²) in [6, 6.07) is 68.4. The fourth-order valence-corrected chi connectivity index (χ4v) is 11.7. The van der Waals surface area contributed by atoms with Crippen LogP contribution in [0.4, 0.5) is 0 Å². The van der Waals surface area contributed by atoms with Crippen LogP contribution >= 0.6 is 11.3 Å². The van der Waals surface area contributed by atoms with Gasteiger partial charge in [0.2, 0.25) is 0 Å². The van der Waals surface area contributed by atoms with Gasteiger partial charge in [-0.05, 0) is 82.2 Å². The maximum absolute atomic E-state index is 7.05. The number of furan rings is 2. The second-order valence-corrected chi connectivity index (χ2v) is 18.1. The third-order valence-corrected chi connectivity index (χ3v) is 14.7. The Morgan fingerprint density at radius 3 is 1.80 bits per heavy atom. The number of nitrogens with zero attached hydrogens (tertiary/aromatic N) is 4. The van der Waals surface area contributed by atoms with Crippen molar-refractivity contribution in [3.8, 4) is 39.9 Å². The lowest BCUT2D eigenvalue weighted by molar-refractivity contribution is 0.666. The Bertz CT molecular complexity index is 4420. The number of hydrogen-bond acceptors (Lipinski definition) is 6. The van der Waals surface area contributed by atoms with Crippen LogP contribution in [-0.4, -0.2) is 19.5 Å². The molecule has 15 aromatic rings. The molecule has 6 nitrogen and oxygen atoms in total. The van der Waals surface area contributed by atoms with E-state index in [0.29, 0.717) is 17.5 Å². The molecule has 0 saturated carbocycles. The minimum absolute atomic E-state index is 0.531. The predicted octanol–water partition coefficient (Wildman–Crippen LogP) is 16.4. The summed E-state index contributed by atoms with van der Waals surface area (Å²) in [4.78, 5) is 16.2. The van der Waals surface area contributed by atoms with Crippen LogP contribution in [0, 0.1) is 0 Å². The second kappa shape index (κ2) is 13.4. The standard InChI is InChI=1S/C59H32N4O2S/c1-2-15-35-32-48-45(31-34(35)14-1)52-36-16-4-3-13-33(36)27-29-46(52)63(48)47-30-28-42(53-41-19-6-9-25-50(41)65-55(47)53)57-60-58(43-22-11-20-39-37-17-5-8-24-49(37)64-54(39)43)62-59(61-57)44-23-12-21-40-38-18-7-10-26-51(38)66-56(40)44/h1-32H. The lowest BCUT2D eigenvalue weighted by Crippen LogP contribution is -2.01. The van der Waals surface area contributed by atoms with Crippen LogP contribution in [-0.2, 0) is 0 Å². The van der Waals surface area contributed by atoms with E-state index in [1.807, 2.05) is 30.3 Å². The van der Waals surface area contributed by atoms with Crippen molar-refractivity contribution in [2.75, 3.05) is 0 Å². The molecule has 0 atom stereocenters. The van der Waals surface area contributed by atoms with E-state index in [-0.39, 0.29) is 0 Å². The van der Waals surface area contributed by atoms with Gasteiger partial charge in [0.15, 0.2) is 23.1 Å². The van der Waals surface area contributed by atoms with Gasteiger partial charge in [0.1, 0.15) is 16.7 Å². The highest BCUT2D eigenvalue weighted by Gasteiger charge is 2.25. The van der Waals surface area contributed by atoms with Crippen molar-refractivity contribution < 1.29 is 8.83 Å². The van der Waals surface area contributed by atoms with E-state index in [1.54, 1.807) is 11.3 Å². The van der Waals surface area contributed by atoms with E-state index in [1.165, 1.54) is 47.8 Å². The van der Waals surface area contributed by atoms with Crippen molar-refractivity contribution in [1.82, 2.24) is 19.5 Å². The molecule has 0 aliphatic rings. The maximum atomic E-state index is 7.05. The van der Waals surface area contributed by atoms with Gasteiger partial charge < -0.3 is 13.4 Å². The van der Waals surface area contributed by atoms with E-state index < -0.39 is 0 Å². The first kappa shape index (κ1) is 35.8. The number of aromatic nitrogens is 4. The first-order valence-corrected chi connectivity index (χ1v) is 22.9. The topological polar surface area (TPSA) is 69.9 Å². The zero-order valence-electron chi connectivity index (χ0n) is 35.0. The monoisotopic (exact) mass is 860 g/mol. The highest BCUT2D eigenvalue weighted by molar-refractivity contribution is 7.26. The average molecular weight is 861 g/mol. The maximum Gasteiger partial charge on any atom is 0.167 e. The summed E-state index contributed by atoms with van der Waals surface area (Å²) in [5, 5.41) is 13.6. The summed E-state index contributed by atoms with van der Waals surface area (Å²) >= 11 is 1.76. The smallest absolute Gasteiger partial charge is 0.167 e. The Morgan fingerprint density at radius 1 is 0.364 bits per heavy atom. The second-order valence-electron chi connectivity index (χ2n) is 17.0. The lowest BCUT2D eigenvalue weighted by atomic mass is 10.0. The molecule has 0 fully saturated rings. The summed E-state index contributed by atoms with van der Waals surface area (Å²) in [5.74, 6) is 1.67. The fraction of sp³-hybridized carbons (Fsp3) is 0. The van der Waals surface area contributed by atoms with E-state index in [2.05, 4.69) is 168 Å². The molecular formula is C59H32N4O2S. The quantitative estimate of drug-likeness (QED) is 0.176. The Kier molecular flexibility index (Phi) is 7.28.